The van der Waals surface area contributed by atoms with E-state index in [-0.39, 0.29) is 25.8 Å². The lowest BCUT2D eigenvalue weighted by atomic mass is 9.66. The van der Waals surface area contributed by atoms with E-state index in [2.05, 4.69) is 6.07 Å². The summed E-state index contributed by atoms with van der Waals surface area (Å²) in [6.07, 6.45) is -7.32. The number of amides is 1. The Morgan fingerprint density at radius 3 is 2.21 bits per heavy atom. The van der Waals surface area contributed by atoms with Crippen LogP contribution in [0.5, 0.6) is 0 Å². The first-order valence-corrected chi connectivity index (χ1v) is 14.7. The molecule has 1 amide bonds. The third-order valence-corrected chi connectivity index (χ3v) is 8.04. The number of alkyl halides is 3. The molecule has 5 N–H and O–H groups in total. The molecule has 3 rings (SSSR count). The van der Waals surface area contributed by atoms with Crippen molar-refractivity contribution in [1.29, 1.82) is 5.26 Å². The molecule has 2 aromatic carbocycles. The minimum absolute atomic E-state index is 0.00727. The fraction of sp³-hybridized carbons (Fsp3) is 0.448. The van der Waals surface area contributed by atoms with Crippen LogP contribution in [0.4, 0.5) is 13.2 Å². The maximum absolute atomic E-state index is 12.7. The number of hydrogen-bond donors (Lipinski definition) is 4. The Balaban J connectivity index is 1.95. The van der Waals surface area contributed by atoms with Crippen molar-refractivity contribution < 1.29 is 45.5 Å². The number of carbonyl (C=O) groups excluding carboxylic acids is 1. The highest BCUT2D eigenvalue weighted by molar-refractivity contribution is 7.89. The molecular weight excluding hydrogens is 591 g/mol. The molecule has 3 unspecified atom stereocenters. The Labute approximate surface area is 248 Å². The Bertz CT molecular complexity index is 1430. The van der Waals surface area contributed by atoms with Gasteiger partial charge in [-0.25, -0.2) is 0 Å². The number of carbonyl (C=O) groups is 1. The second kappa shape index (κ2) is 13.3. The number of aliphatic hydroxyl groups excluding tert-OH is 1. The Hall–Kier alpha value is -3.64. The molecule has 234 valence electrons. The number of nitrogens with one attached hydrogen (secondary N) is 1. The standard InChI is InChI=1S/C29H34F3N3O7S/c1-27(2,18-35-25(37)29(30,31)32)14-20(16-33)13-22(36)24(34)28(21-11-7-4-8-12-21,15-19-9-5-3-6-10-19)26-41-17-23(42-26)43(38,39)40/h3-12,17,20,22,24,26,36H,13-15,18,34H2,1-2H3,(H,35,37)(H,38,39,40)/t20?,22-,24-,26?,28?/m1/s1. The molecule has 0 spiro atoms. The summed E-state index contributed by atoms with van der Waals surface area (Å²) in [6.45, 7) is 2.78. The zero-order valence-corrected chi connectivity index (χ0v) is 24.3. The number of hydrogen-bond acceptors (Lipinski definition) is 8. The summed E-state index contributed by atoms with van der Waals surface area (Å²) in [5.41, 5.74) is 5.57. The van der Waals surface area contributed by atoms with Crippen molar-refractivity contribution in [3.05, 3.63) is 83.1 Å². The van der Waals surface area contributed by atoms with Crippen LogP contribution in [-0.2, 0) is 36.2 Å². The van der Waals surface area contributed by atoms with Crippen LogP contribution in [0.2, 0.25) is 0 Å². The van der Waals surface area contributed by atoms with Crippen molar-refractivity contribution in [3.63, 3.8) is 0 Å². The van der Waals surface area contributed by atoms with Gasteiger partial charge in [-0.15, -0.1) is 0 Å². The molecule has 0 fully saturated rings. The Kier molecular flexibility index (Phi) is 10.5. The first kappa shape index (κ1) is 33.9. The third-order valence-electron chi connectivity index (χ3n) is 7.34. The quantitative estimate of drug-likeness (QED) is 0.243. The SMILES string of the molecule is CC(C)(CNC(=O)C(F)(F)F)CC(C#N)C[C@@H](O)[C@@H](N)C(Cc1ccccc1)(c1ccccc1)C1OC=C(S(=O)(=O)O)O1. The fourth-order valence-corrected chi connectivity index (χ4v) is 5.61. The lowest BCUT2D eigenvalue weighted by Crippen LogP contribution is -2.60. The summed E-state index contributed by atoms with van der Waals surface area (Å²) >= 11 is 0. The molecular formula is C29H34F3N3O7S. The van der Waals surface area contributed by atoms with Gasteiger partial charge in [-0.2, -0.15) is 26.9 Å². The van der Waals surface area contributed by atoms with Gasteiger partial charge in [0.15, 0.2) is 0 Å². The zero-order valence-electron chi connectivity index (χ0n) is 23.5. The largest absolute Gasteiger partial charge is 0.471 e. The number of nitrogens with zero attached hydrogens (tertiary/aromatic N) is 1. The van der Waals surface area contributed by atoms with Crippen LogP contribution < -0.4 is 11.1 Å². The van der Waals surface area contributed by atoms with Crippen molar-refractivity contribution in [2.24, 2.45) is 17.1 Å². The molecule has 5 atom stereocenters. The molecule has 0 bridgehead atoms. The summed E-state index contributed by atoms with van der Waals surface area (Å²) < 4.78 is 82.5. The molecule has 1 aliphatic rings. The van der Waals surface area contributed by atoms with Gasteiger partial charge in [0, 0.05) is 18.5 Å². The zero-order chi connectivity index (χ0) is 32.1. The van der Waals surface area contributed by atoms with Gasteiger partial charge in [0.05, 0.1) is 17.6 Å². The monoisotopic (exact) mass is 625 g/mol. The van der Waals surface area contributed by atoms with Gasteiger partial charge in [0.2, 0.25) is 0 Å². The Morgan fingerprint density at radius 2 is 1.70 bits per heavy atom. The number of nitriles is 1. The first-order valence-electron chi connectivity index (χ1n) is 13.3. The van der Waals surface area contributed by atoms with Crippen molar-refractivity contribution in [3.8, 4) is 6.07 Å². The van der Waals surface area contributed by atoms with Gasteiger partial charge in [-0.05, 0) is 35.8 Å². The van der Waals surface area contributed by atoms with Crippen LogP contribution in [0, 0.1) is 22.7 Å². The number of halogens is 3. The van der Waals surface area contributed by atoms with Crippen molar-refractivity contribution in [2.45, 2.75) is 63.1 Å². The van der Waals surface area contributed by atoms with E-state index in [4.69, 9.17) is 15.2 Å². The normalized spacial score (nSPS) is 19.0. The average molecular weight is 626 g/mol. The van der Waals surface area contributed by atoms with E-state index in [1.807, 2.05) is 5.32 Å². The first-order chi connectivity index (χ1) is 20.0. The van der Waals surface area contributed by atoms with Crippen LogP contribution in [0.1, 0.15) is 37.8 Å². The van der Waals surface area contributed by atoms with E-state index in [1.165, 1.54) is 0 Å². The lowest BCUT2D eigenvalue weighted by molar-refractivity contribution is -0.174. The number of nitrogens with two attached hydrogens (primary N) is 1. The molecule has 0 saturated heterocycles. The fourth-order valence-electron chi connectivity index (χ4n) is 5.22. The van der Waals surface area contributed by atoms with Crippen molar-refractivity contribution >= 4 is 16.0 Å². The number of ether oxygens (including phenoxy) is 2. The van der Waals surface area contributed by atoms with Gasteiger partial charge in [0.1, 0.15) is 6.26 Å². The smallest absolute Gasteiger partial charge is 0.457 e. The maximum atomic E-state index is 12.7. The highest BCUT2D eigenvalue weighted by Gasteiger charge is 2.54. The van der Waals surface area contributed by atoms with E-state index >= 15 is 0 Å². The highest BCUT2D eigenvalue weighted by Crippen LogP contribution is 2.43. The minimum Gasteiger partial charge on any atom is -0.457 e. The molecule has 0 radical (unpaired) electrons. The molecule has 0 aromatic heterocycles. The summed E-state index contributed by atoms with van der Waals surface area (Å²) in [6, 6.07) is 18.3. The summed E-state index contributed by atoms with van der Waals surface area (Å²) in [4.78, 5) is 11.3. The Morgan fingerprint density at radius 1 is 1.12 bits per heavy atom. The summed E-state index contributed by atoms with van der Waals surface area (Å²) in [5.74, 6) is -3.00. The van der Waals surface area contributed by atoms with Crippen molar-refractivity contribution in [1.82, 2.24) is 5.32 Å². The molecule has 43 heavy (non-hydrogen) atoms. The number of aliphatic hydroxyl groups is 1. The van der Waals surface area contributed by atoms with Gasteiger partial charge >= 0.3 is 22.2 Å². The van der Waals surface area contributed by atoms with Crippen LogP contribution in [-0.4, -0.2) is 55.1 Å². The molecule has 0 saturated carbocycles. The van der Waals surface area contributed by atoms with Crippen molar-refractivity contribution in [2.75, 3.05) is 6.54 Å². The summed E-state index contributed by atoms with van der Waals surface area (Å²) in [5, 5.41) is 22.4. The predicted molar refractivity (Wildman–Crippen MR) is 149 cm³/mol. The number of rotatable bonds is 13. The average Bonchev–Trinajstić information content (AvgIpc) is 3.46. The van der Waals surface area contributed by atoms with Gasteiger partial charge in [-0.3, -0.25) is 9.35 Å². The minimum atomic E-state index is -5.05. The second-order valence-corrected chi connectivity index (χ2v) is 12.6. The van der Waals surface area contributed by atoms with Crippen LogP contribution in [0.15, 0.2) is 72.0 Å². The van der Waals surface area contributed by atoms with Crippen LogP contribution in [0.3, 0.4) is 0 Å². The van der Waals surface area contributed by atoms with E-state index in [0.717, 1.165) is 11.8 Å². The van der Waals surface area contributed by atoms with E-state index in [9.17, 15) is 41.3 Å². The van der Waals surface area contributed by atoms with Crippen LogP contribution in [0.25, 0.3) is 0 Å². The summed E-state index contributed by atoms with van der Waals surface area (Å²) in [7, 11) is -4.79. The molecule has 2 aromatic rings. The van der Waals surface area contributed by atoms with E-state index in [0.29, 0.717) is 5.56 Å². The molecule has 1 heterocycles. The van der Waals surface area contributed by atoms with E-state index < -0.39 is 62.5 Å². The van der Waals surface area contributed by atoms with Gasteiger partial charge in [-0.1, -0.05) is 74.5 Å². The van der Waals surface area contributed by atoms with Crippen LogP contribution >= 0.6 is 0 Å². The topological polar surface area (TPSA) is 172 Å². The molecule has 14 heteroatoms. The molecule has 10 nitrogen and oxygen atoms in total. The van der Waals surface area contributed by atoms with Gasteiger partial charge < -0.3 is 25.6 Å². The highest BCUT2D eigenvalue weighted by atomic mass is 32.2. The lowest BCUT2D eigenvalue weighted by Gasteiger charge is -2.44. The number of benzene rings is 2. The molecule has 0 aliphatic carbocycles. The maximum Gasteiger partial charge on any atom is 0.471 e. The second-order valence-electron chi connectivity index (χ2n) is 11.3. The van der Waals surface area contributed by atoms with E-state index in [1.54, 1.807) is 74.5 Å². The predicted octanol–water partition coefficient (Wildman–Crippen LogP) is 3.54. The molecule has 1 aliphatic heterocycles. The third kappa shape index (κ3) is 8.47. The van der Waals surface area contributed by atoms with Gasteiger partial charge in [0.25, 0.3) is 11.4 Å².